The first-order valence-electron chi connectivity index (χ1n) is 5.56. The molecule has 0 fully saturated rings. The van der Waals surface area contributed by atoms with Crippen molar-refractivity contribution in [2.75, 3.05) is 13.7 Å². The van der Waals surface area contributed by atoms with E-state index < -0.39 is 0 Å². The molecule has 0 unspecified atom stereocenters. The molecule has 0 spiro atoms. The van der Waals surface area contributed by atoms with Crippen LogP contribution in [0.2, 0.25) is 0 Å². The fraction of sp³-hybridized carbons (Fsp3) is 0.429. The van der Waals surface area contributed by atoms with Gasteiger partial charge in [-0.1, -0.05) is 64.6 Å². The van der Waals surface area contributed by atoms with Gasteiger partial charge in [0, 0.05) is 7.11 Å². The summed E-state index contributed by atoms with van der Waals surface area (Å²) in [7, 11) is 1.67. The Labute approximate surface area is 94.8 Å². The predicted molar refractivity (Wildman–Crippen MR) is 70.0 cm³/mol. The summed E-state index contributed by atoms with van der Waals surface area (Å²) in [4.78, 5) is 0. The summed E-state index contributed by atoms with van der Waals surface area (Å²) in [5.74, 6) is 0. The van der Waals surface area contributed by atoms with E-state index in [1.807, 2.05) is 58.0 Å². The van der Waals surface area contributed by atoms with Gasteiger partial charge >= 0.3 is 0 Å². The maximum atomic E-state index is 4.96. The summed E-state index contributed by atoms with van der Waals surface area (Å²) in [5, 5.41) is 0. The third-order valence-corrected chi connectivity index (χ3v) is 1.50. The van der Waals surface area contributed by atoms with Crippen LogP contribution in [0.4, 0.5) is 0 Å². The minimum absolute atomic E-state index is 0.601. The molecule has 1 nitrogen and oxygen atoms in total. The molecule has 0 N–H and O–H groups in total. The van der Waals surface area contributed by atoms with Crippen molar-refractivity contribution in [2.24, 2.45) is 0 Å². The molecule has 0 aromatic heterocycles. The maximum absolute atomic E-state index is 4.96. The van der Waals surface area contributed by atoms with E-state index >= 15 is 0 Å². The van der Waals surface area contributed by atoms with E-state index in [0.717, 1.165) is 11.1 Å². The molecule has 0 atom stereocenters. The molecule has 0 amide bonds. The van der Waals surface area contributed by atoms with Gasteiger partial charge in [-0.05, 0) is 11.1 Å². The highest BCUT2D eigenvalue weighted by Gasteiger charge is 1.94. The smallest absolute Gasteiger partial charge is 0.0713 e. The molecule has 0 radical (unpaired) electrons. The van der Waals surface area contributed by atoms with Gasteiger partial charge in [0.05, 0.1) is 6.61 Å². The number of ether oxygens (including phenoxy) is 1. The summed E-state index contributed by atoms with van der Waals surface area (Å²) in [6.45, 7) is 12.5. The van der Waals surface area contributed by atoms with Crippen LogP contribution in [0.3, 0.4) is 0 Å². The second-order valence-electron chi connectivity index (χ2n) is 2.40. The third kappa shape index (κ3) is 7.95. The Hall–Kier alpha value is -1.08. The third-order valence-electron chi connectivity index (χ3n) is 1.50. The van der Waals surface area contributed by atoms with Crippen molar-refractivity contribution in [3.63, 3.8) is 0 Å². The van der Waals surface area contributed by atoms with Crippen LogP contribution in [0.15, 0.2) is 36.9 Å². The van der Waals surface area contributed by atoms with Gasteiger partial charge in [0.15, 0.2) is 0 Å². The number of benzene rings is 1. The molecular formula is C14H24O. The van der Waals surface area contributed by atoms with Crippen LogP contribution in [0.1, 0.15) is 33.3 Å². The Bertz CT molecular complexity index is 226. The van der Waals surface area contributed by atoms with E-state index in [9.17, 15) is 0 Å². The number of methoxy groups -OCH3 is 1. The van der Waals surface area contributed by atoms with Crippen molar-refractivity contribution in [1.29, 1.82) is 0 Å². The van der Waals surface area contributed by atoms with Crippen molar-refractivity contribution in [1.82, 2.24) is 0 Å². The molecule has 0 aliphatic carbocycles. The number of hydrogen-bond acceptors (Lipinski definition) is 1. The number of hydrogen-bond donors (Lipinski definition) is 0. The Kier molecular flexibility index (Phi) is 14.1. The highest BCUT2D eigenvalue weighted by Crippen LogP contribution is 2.10. The van der Waals surface area contributed by atoms with Crippen LogP contribution in [0.25, 0.3) is 5.57 Å². The zero-order chi connectivity index (χ0) is 12.1. The average molecular weight is 208 g/mol. The molecule has 0 aliphatic rings. The van der Waals surface area contributed by atoms with Crippen molar-refractivity contribution in [3.05, 3.63) is 42.5 Å². The molecule has 0 aliphatic heterocycles. The van der Waals surface area contributed by atoms with E-state index in [1.54, 1.807) is 7.11 Å². The minimum atomic E-state index is 0.601. The van der Waals surface area contributed by atoms with Gasteiger partial charge in [-0.2, -0.15) is 0 Å². The first-order chi connectivity index (χ1) is 7.34. The minimum Gasteiger partial charge on any atom is -0.380 e. The molecule has 0 saturated heterocycles. The predicted octanol–water partition coefficient (Wildman–Crippen LogP) is 4.40. The molecular weight excluding hydrogens is 184 g/mol. The van der Waals surface area contributed by atoms with Crippen molar-refractivity contribution >= 4 is 5.57 Å². The first-order valence-corrected chi connectivity index (χ1v) is 5.56. The lowest BCUT2D eigenvalue weighted by Crippen LogP contribution is -1.91. The molecule has 0 bridgehead atoms. The van der Waals surface area contributed by atoms with E-state index in [2.05, 4.69) is 6.58 Å². The van der Waals surface area contributed by atoms with Gasteiger partial charge in [-0.25, -0.2) is 0 Å². The summed E-state index contributed by atoms with van der Waals surface area (Å²) in [5.41, 5.74) is 2.17. The Morgan fingerprint density at radius 1 is 1.07 bits per heavy atom. The Balaban J connectivity index is 0. The molecule has 1 aromatic carbocycles. The highest BCUT2D eigenvalue weighted by molar-refractivity contribution is 5.63. The summed E-state index contributed by atoms with van der Waals surface area (Å²) < 4.78 is 4.96. The standard InChI is InChI=1S/C10H12O.2C2H6/c1-9(8-11-2)10-6-4-3-5-7-10;2*1-2/h3-7H,1,8H2,2H3;2*1-2H3. The van der Waals surface area contributed by atoms with Gasteiger partial charge in [0.2, 0.25) is 0 Å². The molecule has 0 saturated carbocycles. The van der Waals surface area contributed by atoms with Crippen LogP contribution in [0.5, 0.6) is 0 Å². The van der Waals surface area contributed by atoms with Gasteiger partial charge in [0.1, 0.15) is 0 Å². The SMILES string of the molecule is C=C(COC)c1ccccc1.CC.CC. The maximum Gasteiger partial charge on any atom is 0.0713 e. The van der Waals surface area contributed by atoms with Gasteiger partial charge in [-0.3, -0.25) is 0 Å². The fourth-order valence-corrected chi connectivity index (χ4v) is 0.931. The fourth-order valence-electron chi connectivity index (χ4n) is 0.931. The van der Waals surface area contributed by atoms with E-state index in [-0.39, 0.29) is 0 Å². The quantitative estimate of drug-likeness (QED) is 0.715. The molecule has 1 aromatic rings. The van der Waals surface area contributed by atoms with Crippen LogP contribution in [-0.2, 0) is 4.74 Å². The zero-order valence-corrected chi connectivity index (χ0v) is 10.7. The summed E-state index contributed by atoms with van der Waals surface area (Å²) in [6, 6.07) is 10.0. The van der Waals surface area contributed by atoms with E-state index in [1.165, 1.54) is 0 Å². The lowest BCUT2D eigenvalue weighted by Gasteiger charge is -2.02. The lowest BCUT2D eigenvalue weighted by atomic mass is 10.1. The Morgan fingerprint density at radius 3 is 1.93 bits per heavy atom. The topological polar surface area (TPSA) is 9.23 Å². The monoisotopic (exact) mass is 208 g/mol. The second-order valence-corrected chi connectivity index (χ2v) is 2.40. The van der Waals surface area contributed by atoms with Crippen LogP contribution < -0.4 is 0 Å². The van der Waals surface area contributed by atoms with Gasteiger partial charge in [0.25, 0.3) is 0 Å². The molecule has 0 heterocycles. The zero-order valence-electron chi connectivity index (χ0n) is 10.7. The summed E-state index contributed by atoms with van der Waals surface area (Å²) in [6.07, 6.45) is 0. The van der Waals surface area contributed by atoms with Gasteiger partial charge in [-0.15, -0.1) is 0 Å². The van der Waals surface area contributed by atoms with Crippen molar-refractivity contribution in [3.8, 4) is 0 Å². The molecule has 15 heavy (non-hydrogen) atoms. The number of rotatable bonds is 3. The van der Waals surface area contributed by atoms with E-state index in [0.29, 0.717) is 6.61 Å². The normalized spacial score (nSPS) is 7.80. The Morgan fingerprint density at radius 2 is 1.53 bits per heavy atom. The summed E-state index contributed by atoms with van der Waals surface area (Å²) >= 11 is 0. The molecule has 1 heteroatoms. The molecule has 1 rings (SSSR count). The average Bonchev–Trinajstić information content (AvgIpc) is 2.36. The van der Waals surface area contributed by atoms with Crippen molar-refractivity contribution < 1.29 is 4.74 Å². The van der Waals surface area contributed by atoms with E-state index in [4.69, 9.17) is 4.74 Å². The largest absolute Gasteiger partial charge is 0.380 e. The lowest BCUT2D eigenvalue weighted by molar-refractivity contribution is 0.240. The first kappa shape index (κ1) is 16.4. The second kappa shape index (κ2) is 12.9. The van der Waals surface area contributed by atoms with Gasteiger partial charge < -0.3 is 4.74 Å². The van der Waals surface area contributed by atoms with Crippen LogP contribution in [0, 0.1) is 0 Å². The molecule has 86 valence electrons. The van der Waals surface area contributed by atoms with Crippen LogP contribution in [-0.4, -0.2) is 13.7 Å². The van der Waals surface area contributed by atoms with Crippen molar-refractivity contribution in [2.45, 2.75) is 27.7 Å². The highest BCUT2D eigenvalue weighted by atomic mass is 16.5. The van der Waals surface area contributed by atoms with Crippen LogP contribution >= 0.6 is 0 Å².